The summed E-state index contributed by atoms with van der Waals surface area (Å²) in [5.74, 6) is 1.60. The van der Waals surface area contributed by atoms with Gasteiger partial charge in [0.15, 0.2) is 0 Å². The maximum atomic E-state index is 11.6. The second kappa shape index (κ2) is 7.72. The zero-order chi connectivity index (χ0) is 13.6. The lowest BCUT2D eigenvalue weighted by atomic mass is 9.93. The SMILES string of the molecule is CCNC(CSC)CC1CCCN(S(C)(=O)=O)C1. The molecule has 1 N–H and O–H groups in total. The van der Waals surface area contributed by atoms with E-state index >= 15 is 0 Å². The van der Waals surface area contributed by atoms with Crippen LogP contribution in [0.15, 0.2) is 0 Å². The Morgan fingerprint density at radius 3 is 2.78 bits per heavy atom. The third kappa shape index (κ3) is 5.47. The summed E-state index contributed by atoms with van der Waals surface area (Å²) in [5, 5.41) is 3.50. The van der Waals surface area contributed by atoms with Gasteiger partial charge in [-0.05, 0) is 38.0 Å². The molecule has 1 fully saturated rings. The lowest BCUT2D eigenvalue weighted by molar-refractivity contribution is 0.242. The number of nitrogens with zero attached hydrogens (tertiary/aromatic N) is 1. The molecule has 1 rings (SSSR count). The number of hydrogen-bond acceptors (Lipinski definition) is 4. The van der Waals surface area contributed by atoms with Crippen LogP contribution in [0.2, 0.25) is 0 Å². The van der Waals surface area contributed by atoms with Crippen LogP contribution in [-0.2, 0) is 10.0 Å². The predicted octanol–water partition coefficient (Wildman–Crippen LogP) is 1.39. The van der Waals surface area contributed by atoms with Gasteiger partial charge in [-0.25, -0.2) is 12.7 Å². The summed E-state index contributed by atoms with van der Waals surface area (Å²) >= 11 is 1.85. The van der Waals surface area contributed by atoms with Gasteiger partial charge < -0.3 is 5.32 Å². The van der Waals surface area contributed by atoms with Crippen molar-refractivity contribution in [1.29, 1.82) is 0 Å². The maximum Gasteiger partial charge on any atom is 0.211 e. The zero-order valence-corrected chi connectivity index (χ0v) is 13.3. The molecule has 0 bridgehead atoms. The first kappa shape index (κ1) is 16.3. The molecule has 2 unspecified atom stereocenters. The summed E-state index contributed by atoms with van der Waals surface area (Å²) in [6.07, 6.45) is 6.67. The molecule has 1 saturated heterocycles. The molecule has 1 aliphatic rings. The Balaban J connectivity index is 2.50. The van der Waals surface area contributed by atoms with Crippen molar-refractivity contribution < 1.29 is 8.42 Å². The standard InChI is InChI=1S/C12H26N2O2S2/c1-4-13-12(10-17-2)8-11-6-5-7-14(9-11)18(3,15)16/h11-13H,4-10H2,1-3H3. The van der Waals surface area contributed by atoms with Gasteiger partial charge in [0.25, 0.3) is 0 Å². The second-order valence-electron chi connectivity index (χ2n) is 5.07. The normalized spacial score (nSPS) is 24.1. The minimum absolute atomic E-state index is 0.504. The molecule has 108 valence electrons. The fourth-order valence-corrected chi connectivity index (χ4v) is 4.22. The van der Waals surface area contributed by atoms with E-state index in [0.29, 0.717) is 25.0 Å². The average molecular weight is 294 g/mol. The fourth-order valence-electron chi connectivity index (χ4n) is 2.62. The molecule has 0 aromatic rings. The van der Waals surface area contributed by atoms with Crippen LogP contribution in [-0.4, -0.2) is 56.7 Å². The Morgan fingerprint density at radius 1 is 1.50 bits per heavy atom. The van der Waals surface area contributed by atoms with Crippen molar-refractivity contribution in [3.63, 3.8) is 0 Å². The van der Waals surface area contributed by atoms with E-state index in [1.165, 1.54) is 6.26 Å². The number of nitrogens with one attached hydrogen (secondary N) is 1. The Morgan fingerprint density at radius 2 is 2.22 bits per heavy atom. The largest absolute Gasteiger partial charge is 0.313 e. The molecule has 0 radical (unpaired) electrons. The minimum atomic E-state index is -3.01. The molecule has 0 aliphatic carbocycles. The molecule has 4 nitrogen and oxygen atoms in total. The Hall–Kier alpha value is 0.220. The Labute approximate surface area is 116 Å². The van der Waals surface area contributed by atoms with Crippen LogP contribution in [0.25, 0.3) is 0 Å². The van der Waals surface area contributed by atoms with E-state index in [9.17, 15) is 8.42 Å². The van der Waals surface area contributed by atoms with Crippen LogP contribution in [0.4, 0.5) is 0 Å². The molecule has 0 saturated carbocycles. The van der Waals surface area contributed by atoms with Crippen LogP contribution >= 0.6 is 11.8 Å². The van der Waals surface area contributed by atoms with E-state index in [4.69, 9.17) is 0 Å². The van der Waals surface area contributed by atoms with Gasteiger partial charge in [0.05, 0.1) is 6.26 Å². The van der Waals surface area contributed by atoms with Gasteiger partial charge in [0, 0.05) is 24.9 Å². The van der Waals surface area contributed by atoms with E-state index in [1.54, 1.807) is 4.31 Å². The summed E-state index contributed by atoms with van der Waals surface area (Å²) in [6, 6.07) is 0.509. The highest BCUT2D eigenvalue weighted by Gasteiger charge is 2.27. The third-order valence-electron chi connectivity index (χ3n) is 3.43. The smallest absolute Gasteiger partial charge is 0.211 e. The summed E-state index contributed by atoms with van der Waals surface area (Å²) in [7, 11) is -3.01. The van der Waals surface area contributed by atoms with Gasteiger partial charge in [0.2, 0.25) is 10.0 Å². The van der Waals surface area contributed by atoms with Gasteiger partial charge in [-0.1, -0.05) is 6.92 Å². The van der Waals surface area contributed by atoms with Crippen molar-refractivity contribution >= 4 is 21.8 Å². The Kier molecular flexibility index (Phi) is 6.98. The molecule has 0 aromatic carbocycles. The number of piperidine rings is 1. The van der Waals surface area contributed by atoms with Crippen molar-refractivity contribution in [2.45, 2.75) is 32.2 Å². The summed E-state index contributed by atoms with van der Waals surface area (Å²) in [4.78, 5) is 0. The molecule has 1 aliphatic heterocycles. The summed E-state index contributed by atoms with van der Waals surface area (Å²) in [6.45, 7) is 4.50. The molecular weight excluding hydrogens is 268 g/mol. The highest BCUT2D eigenvalue weighted by atomic mass is 32.2. The molecule has 6 heteroatoms. The number of sulfonamides is 1. The number of thioether (sulfide) groups is 1. The summed E-state index contributed by atoms with van der Waals surface area (Å²) in [5.41, 5.74) is 0. The summed E-state index contributed by atoms with van der Waals surface area (Å²) < 4.78 is 24.8. The monoisotopic (exact) mass is 294 g/mol. The molecule has 1 heterocycles. The predicted molar refractivity (Wildman–Crippen MR) is 79.6 cm³/mol. The number of hydrogen-bond donors (Lipinski definition) is 1. The van der Waals surface area contributed by atoms with Crippen molar-refractivity contribution in [3.05, 3.63) is 0 Å². The van der Waals surface area contributed by atoms with E-state index < -0.39 is 10.0 Å². The van der Waals surface area contributed by atoms with Gasteiger partial charge in [-0.3, -0.25) is 0 Å². The van der Waals surface area contributed by atoms with Crippen LogP contribution in [0, 0.1) is 5.92 Å². The van der Waals surface area contributed by atoms with Crippen molar-refractivity contribution in [2.24, 2.45) is 5.92 Å². The highest BCUT2D eigenvalue weighted by Crippen LogP contribution is 2.23. The van der Waals surface area contributed by atoms with Gasteiger partial charge in [0.1, 0.15) is 0 Å². The first-order valence-electron chi connectivity index (χ1n) is 6.64. The third-order valence-corrected chi connectivity index (χ3v) is 5.43. The minimum Gasteiger partial charge on any atom is -0.313 e. The van der Waals surface area contributed by atoms with Gasteiger partial charge >= 0.3 is 0 Å². The molecule has 0 amide bonds. The van der Waals surface area contributed by atoms with E-state index in [-0.39, 0.29) is 0 Å². The van der Waals surface area contributed by atoms with Gasteiger partial charge in [-0.2, -0.15) is 11.8 Å². The van der Waals surface area contributed by atoms with E-state index in [1.807, 2.05) is 11.8 Å². The topological polar surface area (TPSA) is 49.4 Å². The molecule has 18 heavy (non-hydrogen) atoms. The molecule has 0 spiro atoms. The van der Waals surface area contributed by atoms with Crippen molar-refractivity contribution in [3.8, 4) is 0 Å². The van der Waals surface area contributed by atoms with Crippen molar-refractivity contribution in [1.82, 2.24) is 9.62 Å². The second-order valence-corrected chi connectivity index (χ2v) is 7.97. The highest BCUT2D eigenvalue weighted by molar-refractivity contribution is 7.98. The van der Waals surface area contributed by atoms with Crippen LogP contribution < -0.4 is 5.32 Å². The average Bonchev–Trinajstić information content (AvgIpc) is 2.29. The van der Waals surface area contributed by atoms with Crippen LogP contribution in [0.5, 0.6) is 0 Å². The maximum absolute atomic E-state index is 11.6. The quantitative estimate of drug-likeness (QED) is 0.771. The lowest BCUT2D eigenvalue weighted by Gasteiger charge is -2.33. The molecule has 2 atom stereocenters. The zero-order valence-electron chi connectivity index (χ0n) is 11.7. The van der Waals surface area contributed by atoms with Gasteiger partial charge in [-0.15, -0.1) is 0 Å². The van der Waals surface area contributed by atoms with Crippen LogP contribution in [0.3, 0.4) is 0 Å². The number of rotatable bonds is 7. The molecular formula is C12H26N2O2S2. The first-order valence-corrected chi connectivity index (χ1v) is 9.89. The first-order chi connectivity index (χ1) is 8.47. The molecule has 0 aromatic heterocycles. The fraction of sp³-hybridized carbons (Fsp3) is 1.00. The van der Waals surface area contributed by atoms with E-state index in [0.717, 1.165) is 31.6 Å². The Bertz CT molecular complexity index is 327. The van der Waals surface area contributed by atoms with E-state index in [2.05, 4.69) is 18.5 Å². The lowest BCUT2D eigenvalue weighted by Crippen LogP contribution is -2.42. The van der Waals surface area contributed by atoms with Crippen molar-refractivity contribution in [2.75, 3.05) is 37.9 Å². The van der Waals surface area contributed by atoms with Crippen LogP contribution in [0.1, 0.15) is 26.2 Å².